The van der Waals surface area contributed by atoms with E-state index in [1.54, 1.807) is 0 Å². The lowest BCUT2D eigenvalue weighted by molar-refractivity contribution is 0.199. The minimum absolute atomic E-state index is 0.605. The normalized spacial score (nSPS) is 25.8. The summed E-state index contributed by atoms with van der Waals surface area (Å²) in [6.45, 7) is 9.34. The Morgan fingerprint density at radius 1 is 1.31 bits per heavy atom. The van der Waals surface area contributed by atoms with E-state index in [1.807, 2.05) is 0 Å². The van der Waals surface area contributed by atoms with Crippen LogP contribution in [0.25, 0.3) is 0 Å². The second-order valence-corrected chi connectivity index (χ2v) is 5.41. The summed E-state index contributed by atoms with van der Waals surface area (Å²) in [5, 5.41) is 3.71. The summed E-state index contributed by atoms with van der Waals surface area (Å²) in [6.07, 6.45) is 6.77. The third-order valence-electron chi connectivity index (χ3n) is 3.47. The zero-order valence-corrected chi connectivity index (χ0v) is 9.69. The van der Waals surface area contributed by atoms with Gasteiger partial charge in [-0.2, -0.15) is 0 Å². The van der Waals surface area contributed by atoms with Gasteiger partial charge in [0.2, 0.25) is 0 Å². The molecule has 0 aromatic carbocycles. The molecular formula is C12H25N. The first-order valence-electron chi connectivity index (χ1n) is 5.79. The van der Waals surface area contributed by atoms with Crippen LogP contribution in [-0.4, -0.2) is 12.1 Å². The molecule has 13 heavy (non-hydrogen) atoms. The lowest BCUT2D eigenvalue weighted by Crippen LogP contribution is -2.40. The fourth-order valence-electron chi connectivity index (χ4n) is 2.09. The van der Waals surface area contributed by atoms with Gasteiger partial charge in [-0.05, 0) is 44.4 Å². The molecule has 1 heteroatoms. The Labute approximate surface area is 83.3 Å². The number of rotatable bonds is 3. The van der Waals surface area contributed by atoms with Crippen LogP contribution >= 0.6 is 0 Å². The second-order valence-electron chi connectivity index (χ2n) is 5.41. The molecule has 0 aromatic rings. The van der Waals surface area contributed by atoms with Gasteiger partial charge in [-0.15, -0.1) is 0 Å². The minimum Gasteiger partial charge on any atom is -0.312 e. The first-order chi connectivity index (χ1) is 6.03. The van der Waals surface area contributed by atoms with Crippen molar-refractivity contribution in [2.75, 3.05) is 0 Å². The first-order valence-corrected chi connectivity index (χ1v) is 5.79. The van der Waals surface area contributed by atoms with Gasteiger partial charge in [0.25, 0.3) is 0 Å². The highest BCUT2D eigenvalue weighted by Gasteiger charge is 2.26. The van der Waals surface area contributed by atoms with Crippen LogP contribution in [0, 0.1) is 5.41 Å². The van der Waals surface area contributed by atoms with Crippen LogP contribution in [0.5, 0.6) is 0 Å². The monoisotopic (exact) mass is 183 g/mol. The topological polar surface area (TPSA) is 12.0 Å². The van der Waals surface area contributed by atoms with E-state index >= 15 is 0 Å². The largest absolute Gasteiger partial charge is 0.312 e. The Hall–Kier alpha value is -0.0400. The Kier molecular flexibility index (Phi) is 3.78. The van der Waals surface area contributed by atoms with E-state index in [4.69, 9.17) is 0 Å². The lowest BCUT2D eigenvalue weighted by Gasteiger charge is -2.35. The Morgan fingerprint density at radius 3 is 2.31 bits per heavy atom. The molecule has 1 rings (SSSR count). The van der Waals surface area contributed by atoms with Crippen molar-refractivity contribution in [3.63, 3.8) is 0 Å². The van der Waals surface area contributed by atoms with Gasteiger partial charge in [0.1, 0.15) is 0 Å². The molecule has 0 radical (unpaired) electrons. The summed E-state index contributed by atoms with van der Waals surface area (Å²) in [4.78, 5) is 0. The SMILES string of the molecule is CC[C@H](C)NC1CCC(C)(C)CC1. The first kappa shape index (κ1) is 11.0. The molecule has 0 bridgehead atoms. The number of nitrogens with one attached hydrogen (secondary N) is 1. The summed E-state index contributed by atoms with van der Waals surface area (Å²) in [7, 11) is 0. The quantitative estimate of drug-likeness (QED) is 0.707. The van der Waals surface area contributed by atoms with Crippen LogP contribution in [0.3, 0.4) is 0 Å². The molecule has 1 N–H and O–H groups in total. The maximum Gasteiger partial charge on any atom is 0.00699 e. The van der Waals surface area contributed by atoms with Crippen molar-refractivity contribution in [3.8, 4) is 0 Å². The molecule has 0 heterocycles. The molecule has 1 aliphatic rings. The van der Waals surface area contributed by atoms with Gasteiger partial charge in [-0.1, -0.05) is 20.8 Å². The summed E-state index contributed by atoms with van der Waals surface area (Å²) >= 11 is 0. The van der Waals surface area contributed by atoms with E-state index in [9.17, 15) is 0 Å². The van der Waals surface area contributed by atoms with Crippen molar-refractivity contribution in [1.82, 2.24) is 5.32 Å². The average molecular weight is 183 g/mol. The third-order valence-corrected chi connectivity index (χ3v) is 3.47. The van der Waals surface area contributed by atoms with E-state index in [0.29, 0.717) is 11.5 Å². The molecule has 1 nitrogen and oxygen atoms in total. The van der Waals surface area contributed by atoms with E-state index in [0.717, 1.165) is 6.04 Å². The lowest BCUT2D eigenvalue weighted by atomic mass is 9.75. The molecule has 1 aliphatic carbocycles. The summed E-state index contributed by atoms with van der Waals surface area (Å²) in [5.41, 5.74) is 0.605. The van der Waals surface area contributed by atoms with Gasteiger partial charge >= 0.3 is 0 Å². The van der Waals surface area contributed by atoms with Gasteiger partial charge in [0, 0.05) is 12.1 Å². The van der Waals surface area contributed by atoms with Crippen molar-refractivity contribution in [3.05, 3.63) is 0 Å². The van der Waals surface area contributed by atoms with Gasteiger partial charge in [-0.25, -0.2) is 0 Å². The zero-order chi connectivity index (χ0) is 9.90. The number of hydrogen-bond donors (Lipinski definition) is 1. The van der Waals surface area contributed by atoms with E-state index in [2.05, 4.69) is 33.0 Å². The maximum atomic E-state index is 3.71. The predicted octanol–water partition coefficient (Wildman–Crippen LogP) is 3.34. The van der Waals surface area contributed by atoms with E-state index < -0.39 is 0 Å². The zero-order valence-electron chi connectivity index (χ0n) is 9.69. The van der Waals surface area contributed by atoms with Gasteiger partial charge in [-0.3, -0.25) is 0 Å². The minimum atomic E-state index is 0.605. The molecule has 1 saturated carbocycles. The second kappa shape index (κ2) is 4.45. The van der Waals surface area contributed by atoms with Crippen LogP contribution in [0.15, 0.2) is 0 Å². The summed E-state index contributed by atoms with van der Waals surface area (Å²) < 4.78 is 0. The molecule has 0 spiro atoms. The van der Waals surface area contributed by atoms with Crippen molar-refractivity contribution in [1.29, 1.82) is 0 Å². The van der Waals surface area contributed by atoms with Crippen LogP contribution in [0.2, 0.25) is 0 Å². The fourth-order valence-corrected chi connectivity index (χ4v) is 2.09. The smallest absolute Gasteiger partial charge is 0.00699 e. The molecule has 0 aromatic heterocycles. The molecule has 1 atom stereocenters. The van der Waals surface area contributed by atoms with Crippen molar-refractivity contribution in [2.24, 2.45) is 5.41 Å². The Balaban J connectivity index is 2.25. The van der Waals surface area contributed by atoms with E-state index in [-0.39, 0.29) is 0 Å². The van der Waals surface area contributed by atoms with Crippen LogP contribution in [-0.2, 0) is 0 Å². The molecular weight excluding hydrogens is 158 g/mol. The van der Waals surface area contributed by atoms with Gasteiger partial charge < -0.3 is 5.32 Å². The highest BCUT2D eigenvalue weighted by atomic mass is 14.9. The van der Waals surface area contributed by atoms with Crippen LogP contribution in [0.4, 0.5) is 0 Å². The van der Waals surface area contributed by atoms with Crippen molar-refractivity contribution < 1.29 is 0 Å². The third kappa shape index (κ3) is 3.68. The molecule has 1 fully saturated rings. The molecule has 0 amide bonds. The Bertz CT molecular complexity index is 141. The molecule has 0 aliphatic heterocycles. The summed E-state index contributed by atoms with van der Waals surface area (Å²) in [6, 6.07) is 1.49. The molecule has 0 saturated heterocycles. The van der Waals surface area contributed by atoms with Crippen molar-refractivity contribution in [2.45, 2.75) is 71.9 Å². The van der Waals surface area contributed by atoms with Crippen LogP contribution in [0.1, 0.15) is 59.8 Å². The standard InChI is InChI=1S/C12H25N/c1-5-10(2)13-11-6-8-12(3,4)9-7-11/h10-11,13H,5-9H2,1-4H3/t10-/m0/s1. The maximum absolute atomic E-state index is 3.71. The average Bonchev–Trinajstić information content (AvgIpc) is 2.08. The summed E-state index contributed by atoms with van der Waals surface area (Å²) in [5.74, 6) is 0. The molecule has 0 unspecified atom stereocenters. The number of hydrogen-bond acceptors (Lipinski definition) is 1. The predicted molar refractivity (Wildman–Crippen MR) is 58.9 cm³/mol. The van der Waals surface area contributed by atoms with E-state index in [1.165, 1.54) is 32.1 Å². The highest BCUT2D eigenvalue weighted by molar-refractivity contribution is 4.83. The van der Waals surface area contributed by atoms with Crippen molar-refractivity contribution >= 4 is 0 Å². The van der Waals surface area contributed by atoms with Gasteiger partial charge in [0.05, 0.1) is 0 Å². The molecule has 78 valence electrons. The highest BCUT2D eigenvalue weighted by Crippen LogP contribution is 2.35. The Morgan fingerprint density at radius 2 is 1.85 bits per heavy atom. The fraction of sp³-hybridized carbons (Fsp3) is 1.00. The van der Waals surface area contributed by atoms with Gasteiger partial charge in [0.15, 0.2) is 0 Å². The van der Waals surface area contributed by atoms with Crippen LogP contribution < -0.4 is 5.32 Å².